The number of aryl methyl sites for hydroxylation is 1. The minimum absolute atomic E-state index is 0.0250. The summed E-state index contributed by atoms with van der Waals surface area (Å²) in [7, 11) is 0. The second-order valence-corrected chi connectivity index (χ2v) is 6.30. The molecule has 2 heterocycles. The number of rotatable bonds is 3. The Labute approximate surface area is 152 Å². The molecule has 0 spiro atoms. The van der Waals surface area contributed by atoms with E-state index < -0.39 is 5.78 Å². The van der Waals surface area contributed by atoms with E-state index in [1.807, 2.05) is 0 Å². The number of ketones is 1. The highest BCUT2D eigenvalue weighted by atomic mass is 35.5. The highest BCUT2D eigenvalue weighted by Crippen LogP contribution is 2.37. The monoisotopic (exact) mass is 370 g/mol. The highest BCUT2D eigenvalue weighted by Gasteiger charge is 2.24. The number of nitrogens with zero attached hydrogens (tertiary/aromatic N) is 1. The van der Waals surface area contributed by atoms with Gasteiger partial charge in [-0.2, -0.15) is 0 Å². The fourth-order valence-electron chi connectivity index (χ4n) is 2.88. The molecule has 130 valence electrons. The molecule has 0 unspecified atom stereocenters. The Balaban J connectivity index is 1.91. The first-order chi connectivity index (χ1) is 12.4. The van der Waals surface area contributed by atoms with Crippen LogP contribution in [0.5, 0.6) is 5.88 Å². The highest BCUT2D eigenvalue weighted by molar-refractivity contribution is 6.34. The molecule has 4 aromatic rings. The van der Waals surface area contributed by atoms with Crippen LogP contribution in [-0.4, -0.2) is 21.0 Å². The van der Waals surface area contributed by atoms with E-state index in [2.05, 4.69) is 10.1 Å². The van der Waals surface area contributed by atoms with Crippen LogP contribution < -0.4 is 0 Å². The minimum atomic E-state index is -0.498. The first-order valence-corrected chi connectivity index (χ1v) is 8.10. The van der Waals surface area contributed by atoms with Crippen LogP contribution in [0.2, 0.25) is 5.02 Å². The Hall–Kier alpha value is -3.12. The Bertz CT molecular complexity index is 1150. The smallest absolute Gasteiger partial charge is 0.237 e. The standard InChI is InChI=1S/C19H12ClFN2O3/c1-9-6-16(26-23-9)18(24)17-13-7-12(10-2-4-11(21)5-3-10)14(20)8-15(13)22-19(17)25/h2-8,22,25H,1H3. The number of aromatic amines is 1. The molecule has 0 bridgehead atoms. The zero-order valence-electron chi connectivity index (χ0n) is 13.5. The summed E-state index contributed by atoms with van der Waals surface area (Å²) in [6.45, 7) is 1.70. The van der Waals surface area contributed by atoms with Crippen molar-refractivity contribution >= 4 is 28.3 Å². The van der Waals surface area contributed by atoms with Gasteiger partial charge >= 0.3 is 0 Å². The van der Waals surface area contributed by atoms with E-state index in [9.17, 15) is 14.3 Å². The van der Waals surface area contributed by atoms with Gasteiger partial charge in [-0.3, -0.25) is 4.79 Å². The third-order valence-electron chi connectivity index (χ3n) is 4.10. The van der Waals surface area contributed by atoms with Gasteiger partial charge in [-0.1, -0.05) is 28.9 Å². The lowest BCUT2D eigenvalue weighted by Crippen LogP contribution is -1.99. The summed E-state index contributed by atoms with van der Waals surface area (Å²) >= 11 is 6.33. The van der Waals surface area contributed by atoms with E-state index in [1.165, 1.54) is 18.2 Å². The molecule has 0 atom stereocenters. The number of aromatic nitrogens is 2. The topological polar surface area (TPSA) is 79.1 Å². The zero-order chi connectivity index (χ0) is 18.4. The van der Waals surface area contributed by atoms with Crippen molar-refractivity contribution in [3.8, 4) is 17.0 Å². The summed E-state index contributed by atoms with van der Waals surface area (Å²) in [5, 5.41) is 14.8. The summed E-state index contributed by atoms with van der Waals surface area (Å²) in [4.78, 5) is 15.5. The molecule has 5 nitrogen and oxygen atoms in total. The number of hydrogen-bond acceptors (Lipinski definition) is 4. The van der Waals surface area contributed by atoms with Crippen molar-refractivity contribution < 1.29 is 18.8 Å². The first-order valence-electron chi connectivity index (χ1n) is 7.72. The number of carbonyl (C=O) groups excluding carboxylic acids is 1. The molecule has 0 aliphatic heterocycles. The summed E-state index contributed by atoms with van der Waals surface area (Å²) < 4.78 is 18.2. The number of halogens is 2. The maximum atomic E-state index is 13.2. The molecule has 0 radical (unpaired) electrons. The fourth-order valence-corrected chi connectivity index (χ4v) is 3.15. The molecule has 0 fully saturated rings. The van der Waals surface area contributed by atoms with E-state index in [-0.39, 0.29) is 23.0 Å². The van der Waals surface area contributed by atoms with Crippen molar-refractivity contribution in [2.24, 2.45) is 0 Å². The van der Waals surface area contributed by atoms with Crippen molar-refractivity contribution in [1.29, 1.82) is 0 Å². The van der Waals surface area contributed by atoms with Crippen LogP contribution in [-0.2, 0) is 0 Å². The molecule has 26 heavy (non-hydrogen) atoms. The van der Waals surface area contributed by atoms with Gasteiger partial charge in [0, 0.05) is 17.0 Å². The molecule has 2 N–H and O–H groups in total. The second kappa shape index (κ2) is 6.00. The maximum absolute atomic E-state index is 13.2. The second-order valence-electron chi connectivity index (χ2n) is 5.89. The quantitative estimate of drug-likeness (QED) is 0.505. The summed E-state index contributed by atoms with van der Waals surface area (Å²) in [6, 6.07) is 10.6. The van der Waals surface area contributed by atoms with Crippen LogP contribution in [0.4, 0.5) is 4.39 Å². The van der Waals surface area contributed by atoms with E-state index in [1.54, 1.807) is 31.2 Å². The molecular weight excluding hydrogens is 359 g/mol. The SMILES string of the molecule is Cc1cc(C(=O)c2c(O)[nH]c3cc(Cl)c(-c4ccc(F)cc4)cc23)on1. The number of benzene rings is 2. The lowest BCUT2D eigenvalue weighted by molar-refractivity contribution is 0.0999. The third-order valence-corrected chi connectivity index (χ3v) is 4.41. The molecular formula is C19H12ClFN2O3. The number of aromatic hydroxyl groups is 1. The van der Waals surface area contributed by atoms with Gasteiger partial charge in [0.15, 0.2) is 0 Å². The van der Waals surface area contributed by atoms with Crippen molar-refractivity contribution in [2.45, 2.75) is 6.92 Å². The van der Waals surface area contributed by atoms with Gasteiger partial charge in [0.05, 0.1) is 21.8 Å². The van der Waals surface area contributed by atoms with E-state index in [0.717, 1.165) is 0 Å². The lowest BCUT2D eigenvalue weighted by Gasteiger charge is -2.06. The average Bonchev–Trinajstić information content (AvgIpc) is 3.17. The van der Waals surface area contributed by atoms with Crippen LogP contribution in [0.25, 0.3) is 22.0 Å². The molecule has 0 saturated heterocycles. The summed E-state index contributed by atoms with van der Waals surface area (Å²) in [5.74, 6) is -1.12. The van der Waals surface area contributed by atoms with Crippen molar-refractivity contribution in [1.82, 2.24) is 10.1 Å². The van der Waals surface area contributed by atoms with Crippen LogP contribution in [0.3, 0.4) is 0 Å². The van der Waals surface area contributed by atoms with Gasteiger partial charge in [0.25, 0.3) is 0 Å². The number of hydrogen-bond donors (Lipinski definition) is 2. The maximum Gasteiger partial charge on any atom is 0.237 e. The largest absolute Gasteiger partial charge is 0.494 e. The first kappa shape index (κ1) is 16.4. The number of fused-ring (bicyclic) bond motifs is 1. The normalized spacial score (nSPS) is 11.2. The number of carbonyl (C=O) groups is 1. The molecule has 4 rings (SSSR count). The van der Waals surface area contributed by atoms with Gasteiger partial charge in [-0.15, -0.1) is 0 Å². The van der Waals surface area contributed by atoms with Crippen LogP contribution in [0, 0.1) is 12.7 Å². The third kappa shape index (κ3) is 2.64. The fraction of sp³-hybridized carbons (Fsp3) is 0.0526. The summed E-state index contributed by atoms with van der Waals surface area (Å²) in [6.07, 6.45) is 0. The van der Waals surface area contributed by atoms with Gasteiger partial charge in [-0.05, 0) is 36.8 Å². The van der Waals surface area contributed by atoms with Crippen molar-refractivity contribution in [3.63, 3.8) is 0 Å². The predicted octanol–water partition coefficient (Wildman–Crippen LogP) is 4.86. The van der Waals surface area contributed by atoms with Gasteiger partial charge in [0.2, 0.25) is 17.4 Å². The van der Waals surface area contributed by atoms with Gasteiger partial charge < -0.3 is 14.6 Å². The van der Waals surface area contributed by atoms with E-state index in [0.29, 0.717) is 32.7 Å². The Morgan fingerprint density at radius 1 is 1.23 bits per heavy atom. The lowest BCUT2D eigenvalue weighted by atomic mass is 10.0. The molecule has 7 heteroatoms. The Morgan fingerprint density at radius 3 is 2.62 bits per heavy atom. The molecule has 0 amide bonds. The molecule has 0 aliphatic carbocycles. The van der Waals surface area contributed by atoms with E-state index >= 15 is 0 Å². The summed E-state index contributed by atoms with van der Waals surface area (Å²) in [5.41, 5.74) is 2.42. The average molecular weight is 371 g/mol. The Kier molecular flexibility index (Phi) is 3.77. The van der Waals surface area contributed by atoms with Crippen molar-refractivity contribution in [2.75, 3.05) is 0 Å². The van der Waals surface area contributed by atoms with E-state index in [4.69, 9.17) is 16.1 Å². The number of H-pyrrole nitrogens is 1. The van der Waals surface area contributed by atoms with Crippen LogP contribution >= 0.6 is 11.6 Å². The number of nitrogens with one attached hydrogen (secondary N) is 1. The van der Waals surface area contributed by atoms with Gasteiger partial charge in [-0.25, -0.2) is 4.39 Å². The molecule has 0 saturated carbocycles. The molecule has 2 aromatic heterocycles. The minimum Gasteiger partial charge on any atom is -0.494 e. The van der Waals surface area contributed by atoms with Crippen LogP contribution in [0.1, 0.15) is 21.8 Å². The van der Waals surface area contributed by atoms with Crippen molar-refractivity contribution in [3.05, 3.63) is 70.3 Å². The predicted molar refractivity (Wildman–Crippen MR) is 95.0 cm³/mol. The molecule has 0 aliphatic rings. The Morgan fingerprint density at radius 2 is 1.96 bits per heavy atom. The molecule has 2 aromatic carbocycles. The van der Waals surface area contributed by atoms with Gasteiger partial charge in [0.1, 0.15) is 5.82 Å². The van der Waals surface area contributed by atoms with Crippen LogP contribution in [0.15, 0.2) is 47.0 Å². The zero-order valence-corrected chi connectivity index (χ0v) is 14.3.